The molecule has 2 aliphatic heterocycles. The van der Waals surface area contributed by atoms with E-state index < -0.39 is 34.4 Å². The van der Waals surface area contributed by atoms with E-state index in [9.17, 15) is 29.7 Å². The fourth-order valence-electron chi connectivity index (χ4n) is 8.91. The molecule has 1 spiro atoms. The van der Waals surface area contributed by atoms with Gasteiger partial charge in [0, 0.05) is 23.3 Å². The van der Waals surface area contributed by atoms with Crippen LogP contribution >= 0.6 is 0 Å². The molecule has 4 bridgehead atoms. The summed E-state index contributed by atoms with van der Waals surface area (Å²) in [4.78, 5) is 39.2. The molecule has 0 aromatic heterocycles. The summed E-state index contributed by atoms with van der Waals surface area (Å²) < 4.78 is 6.62. The van der Waals surface area contributed by atoms with Gasteiger partial charge in [0.1, 0.15) is 17.0 Å². The van der Waals surface area contributed by atoms with Crippen molar-refractivity contribution in [1.82, 2.24) is 0 Å². The maximum Gasteiger partial charge on any atom is 0.339 e. The summed E-state index contributed by atoms with van der Waals surface area (Å²) in [6.45, 7) is 6.36. The number of anilines is 1. The average molecular weight is 588 g/mol. The number of carboxylic acids is 1. The van der Waals surface area contributed by atoms with E-state index in [2.05, 4.69) is 49.5 Å². The van der Waals surface area contributed by atoms with Gasteiger partial charge < -0.3 is 25.4 Å². The molecule has 5 aliphatic rings. The maximum atomic E-state index is 14.5. The van der Waals surface area contributed by atoms with Crippen molar-refractivity contribution in [2.45, 2.75) is 90.3 Å². The summed E-state index contributed by atoms with van der Waals surface area (Å²) in [5.74, 6) is -2.67. The third-order valence-electron chi connectivity index (χ3n) is 10.8. The highest BCUT2D eigenvalue weighted by molar-refractivity contribution is 6.24. The number of hydrogen-bond acceptors (Lipinski definition) is 6. The number of unbranched alkanes of at least 4 members (excludes halogenated alkanes) is 2. The van der Waals surface area contributed by atoms with Crippen molar-refractivity contribution in [1.29, 1.82) is 0 Å². The van der Waals surface area contributed by atoms with E-state index in [-0.39, 0.29) is 47.4 Å². The van der Waals surface area contributed by atoms with Crippen LogP contribution < -0.4 is 5.32 Å². The fourth-order valence-corrected chi connectivity index (χ4v) is 8.91. The summed E-state index contributed by atoms with van der Waals surface area (Å²) in [7, 11) is 0. The van der Waals surface area contributed by atoms with Crippen molar-refractivity contribution in [3.63, 3.8) is 0 Å². The number of rotatable bonds is 10. The minimum Gasteiger partial charge on any atom is -0.506 e. The molecular formula is C35H41NO7. The number of amides is 1. The zero-order chi connectivity index (χ0) is 30.7. The van der Waals surface area contributed by atoms with Gasteiger partial charge in [-0.2, -0.15) is 0 Å². The lowest BCUT2D eigenvalue weighted by Crippen LogP contribution is -2.57. The molecule has 4 N–H and O–H groups in total. The van der Waals surface area contributed by atoms with Crippen molar-refractivity contribution in [3.05, 3.63) is 59.2 Å². The number of carbonyl (C=O) groups excluding carboxylic acids is 2. The number of phenols is 2. The van der Waals surface area contributed by atoms with Gasteiger partial charge >= 0.3 is 5.97 Å². The quantitative estimate of drug-likeness (QED) is 0.184. The summed E-state index contributed by atoms with van der Waals surface area (Å²) in [5.41, 5.74) is 0.826. The first kappa shape index (κ1) is 29.4. The molecule has 228 valence electrons. The monoisotopic (exact) mass is 587 g/mol. The Morgan fingerprint density at radius 3 is 2.49 bits per heavy atom. The lowest BCUT2D eigenvalue weighted by molar-refractivity contribution is -0.168. The van der Waals surface area contributed by atoms with Gasteiger partial charge in [-0.25, -0.2) is 4.79 Å². The Hall–Kier alpha value is -3.65. The van der Waals surface area contributed by atoms with Gasteiger partial charge in [0.25, 0.3) is 0 Å². The lowest BCUT2D eigenvalue weighted by atomic mass is 9.49. The van der Waals surface area contributed by atoms with Gasteiger partial charge in [0.2, 0.25) is 5.91 Å². The number of benzene rings is 2. The predicted octanol–water partition coefficient (Wildman–Crippen LogP) is 6.49. The van der Waals surface area contributed by atoms with Crippen LogP contribution in [-0.4, -0.2) is 44.7 Å². The van der Waals surface area contributed by atoms with Crippen LogP contribution in [0.4, 0.5) is 5.69 Å². The second kappa shape index (κ2) is 10.5. The number of nitrogens with one attached hydrogen (secondary N) is 1. The molecule has 4 fully saturated rings. The van der Waals surface area contributed by atoms with Crippen molar-refractivity contribution < 1.29 is 34.4 Å². The molecule has 43 heavy (non-hydrogen) atoms. The van der Waals surface area contributed by atoms with E-state index in [0.717, 1.165) is 49.8 Å². The number of ether oxygens (including phenoxy) is 1. The van der Waals surface area contributed by atoms with Crippen LogP contribution in [0.25, 0.3) is 5.57 Å². The first-order valence-electron chi connectivity index (χ1n) is 15.5. The van der Waals surface area contributed by atoms with Crippen molar-refractivity contribution in [2.24, 2.45) is 22.7 Å². The SMILES string of the molecule is CCCCCc1ccc(C2=C[C@]34C[C@@H]5C[C@H](O[C@@]5(C)C3)[C@H]4[C@](C)(CCC(=O)Nc3c(O)ccc(C(=O)O)c3O)C2=O)cc1. The first-order chi connectivity index (χ1) is 20.4. The summed E-state index contributed by atoms with van der Waals surface area (Å²) in [6.07, 6.45) is 9.61. The molecular weight excluding hydrogens is 546 g/mol. The Morgan fingerprint density at radius 1 is 1.07 bits per heavy atom. The molecule has 2 saturated heterocycles. The fraction of sp³-hybridized carbons (Fsp3) is 0.514. The average Bonchev–Trinajstić information content (AvgIpc) is 3.33. The van der Waals surface area contributed by atoms with Crippen LogP contribution in [0, 0.1) is 22.7 Å². The van der Waals surface area contributed by atoms with Crippen molar-refractivity contribution in [3.8, 4) is 11.5 Å². The van der Waals surface area contributed by atoms with Crippen LogP contribution in [0.5, 0.6) is 11.5 Å². The van der Waals surface area contributed by atoms with Crippen LogP contribution in [0.1, 0.15) is 93.6 Å². The van der Waals surface area contributed by atoms with Crippen molar-refractivity contribution >= 4 is 28.9 Å². The second-order valence-corrected chi connectivity index (χ2v) is 13.7. The van der Waals surface area contributed by atoms with Crippen LogP contribution in [0.2, 0.25) is 0 Å². The van der Waals surface area contributed by atoms with E-state index >= 15 is 0 Å². The minimum absolute atomic E-state index is 0.00998. The van der Waals surface area contributed by atoms with E-state index in [1.54, 1.807) is 0 Å². The van der Waals surface area contributed by atoms with E-state index in [0.29, 0.717) is 11.5 Å². The van der Waals surface area contributed by atoms with Gasteiger partial charge in [0.15, 0.2) is 11.5 Å². The second-order valence-electron chi connectivity index (χ2n) is 13.7. The predicted molar refractivity (Wildman–Crippen MR) is 162 cm³/mol. The molecule has 0 radical (unpaired) electrons. The van der Waals surface area contributed by atoms with Gasteiger partial charge in [0.05, 0.1) is 11.7 Å². The molecule has 2 saturated carbocycles. The molecule has 3 aliphatic carbocycles. The lowest BCUT2D eigenvalue weighted by Gasteiger charge is -2.56. The molecule has 2 aromatic carbocycles. The molecule has 0 unspecified atom stereocenters. The van der Waals surface area contributed by atoms with Crippen LogP contribution in [0.15, 0.2) is 42.5 Å². The molecule has 1 amide bonds. The van der Waals surface area contributed by atoms with E-state index in [1.807, 2.05) is 6.92 Å². The number of carbonyl (C=O) groups is 3. The Morgan fingerprint density at radius 2 is 1.81 bits per heavy atom. The standard InChI is InChI=1S/C35H41NO7/c1-4-5-6-7-20-8-10-21(11-9-20)24-18-35-17-22-16-26(43-34(22,3)19-35)30(35)33(2,31(24)40)15-14-27(38)36-28-25(37)13-12-23(29(28)39)32(41)42/h8-13,18,22,26,30,37,39H,4-7,14-17,19H2,1-3H3,(H,36,38)(H,41,42)/t22-,26-,30-,33-,34-,35+/m0/s1. The van der Waals surface area contributed by atoms with Gasteiger partial charge in [-0.05, 0) is 80.0 Å². The van der Waals surface area contributed by atoms with Gasteiger partial charge in [-0.15, -0.1) is 0 Å². The topological polar surface area (TPSA) is 133 Å². The van der Waals surface area contributed by atoms with E-state index in [4.69, 9.17) is 4.74 Å². The largest absolute Gasteiger partial charge is 0.506 e. The zero-order valence-electron chi connectivity index (χ0n) is 25.1. The number of allylic oxidation sites excluding steroid dienone is 2. The number of Topliss-reactive ketones (excluding diaryl/α,β-unsaturated/α-hetero) is 1. The number of aromatic carboxylic acids is 1. The minimum atomic E-state index is -1.38. The highest BCUT2D eigenvalue weighted by Gasteiger charge is 2.72. The molecule has 6 atom stereocenters. The summed E-state index contributed by atoms with van der Waals surface area (Å²) >= 11 is 0. The molecule has 2 heterocycles. The van der Waals surface area contributed by atoms with Gasteiger partial charge in [-0.3, -0.25) is 9.59 Å². The summed E-state index contributed by atoms with van der Waals surface area (Å²) in [5, 5.41) is 32.5. The highest BCUT2D eigenvalue weighted by Crippen LogP contribution is 2.72. The summed E-state index contributed by atoms with van der Waals surface area (Å²) in [6, 6.07) is 10.6. The third-order valence-corrected chi connectivity index (χ3v) is 10.8. The number of aromatic hydroxyl groups is 2. The first-order valence-corrected chi connectivity index (χ1v) is 15.5. The number of phenolic OH excluding ortho intramolecular Hbond substituents is 1. The smallest absolute Gasteiger partial charge is 0.339 e. The maximum absolute atomic E-state index is 14.5. The number of carboxylic acid groups (broad SMARTS) is 1. The Bertz CT molecular complexity index is 1510. The Labute approximate surface area is 252 Å². The third kappa shape index (κ3) is 4.74. The molecule has 8 nitrogen and oxygen atoms in total. The van der Waals surface area contributed by atoms with E-state index in [1.165, 1.54) is 18.4 Å². The normalized spacial score (nSPS) is 32.0. The Kier molecular flexibility index (Phi) is 7.19. The Balaban J connectivity index is 1.29. The molecule has 7 rings (SSSR count). The molecule has 2 aromatic rings. The van der Waals surface area contributed by atoms with Crippen LogP contribution in [-0.2, 0) is 20.7 Å². The number of aryl methyl sites for hydroxylation is 1. The highest BCUT2D eigenvalue weighted by atomic mass is 16.5. The molecule has 8 heteroatoms. The zero-order valence-corrected chi connectivity index (χ0v) is 25.1. The number of hydrogen-bond donors (Lipinski definition) is 4. The van der Waals surface area contributed by atoms with Crippen molar-refractivity contribution in [2.75, 3.05) is 5.32 Å². The van der Waals surface area contributed by atoms with Crippen LogP contribution in [0.3, 0.4) is 0 Å². The van der Waals surface area contributed by atoms with Gasteiger partial charge in [-0.1, -0.05) is 57.0 Å². The number of ketones is 1.